The van der Waals surface area contributed by atoms with Gasteiger partial charge >= 0.3 is 0 Å². The lowest BCUT2D eigenvalue weighted by molar-refractivity contribution is 0.0946. The van der Waals surface area contributed by atoms with Crippen LogP contribution in [-0.4, -0.2) is 19.6 Å². The summed E-state index contributed by atoms with van der Waals surface area (Å²) in [6.07, 6.45) is 0.818. The zero-order valence-corrected chi connectivity index (χ0v) is 12.9. The van der Waals surface area contributed by atoms with Crippen LogP contribution in [0.4, 0.5) is 0 Å². The summed E-state index contributed by atoms with van der Waals surface area (Å²) in [5.74, 6) is 1.45. The van der Waals surface area contributed by atoms with E-state index in [1.54, 1.807) is 25.3 Å². The van der Waals surface area contributed by atoms with Crippen molar-refractivity contribution in [2.75, 3.05) is 13.7 Å². The topological polar surface area (TPSA) is 47.6 Å². The van der Waals surface area contributed by atoms with Gasteiger partial charge in [0, 0.05) is 22.7 Å². The molecule has 1 heterocycles. The highest BCUT2D eigenvalue weighted by Gasteiger charge is 2.16. The third-order valence-corrected chi connectivity index (χ3v) is 4.02. The summed E-state index contributed by atoms with van der Waals surface area (Å²) in [6, 6.07) is 11.0. The van der Waals surface area contributed by atoms with E-state index in [2.05, 4.69) is 5.32 Å². The van der Waals surface area contributed by atoms with Gasteiger partial charge in [-0.25, -0.2) is 0 Å². The lowest BCUT2D eigenvalue weighted by Crippen LogP contribution is -2.31. The molecule has 2 aromatic rings. The van der Waals surface area contributed by atoms with Gasteiger partial charge in [0.15, 0.2) is 0 Å². The van der Waals surface area contributed by atoms with Crippen LogP contribution in [0.3, 0.4) is 0 Å². The molecule has 1 aliphatic rings. The summed E-state index contributed by atoms with van der Waals surface area (Å²) in [5, 5.41) is 3.46. The number of hydrogen-bond donors (Lipinski definition) is 1. The first-order chi connectivity index (χ1) is 10.7. The van der Waals surface area contributed by atoms with E-state index >= 15 is 0 Å². The maximum Gasteiger partial charge on any atom is 0.251 e. The molecule has 0 aromatic heterocycles. The Morgan fingerprint density at radius 3 is 2.82 bits per heavy atom. The Bertz CT molecular complexity index is 715. The highest BCUT2D eigenvalue weighted by atomic mass is 35.5. The third-order valence-electron chi connectivity index (χ3n) is 3.65. The van der Waals surface area contributed by atoms with Gasteiger partial charge < -0.3 is 14.8 Å². The van der Waals surface area contributed by atoms with Crippen molar-refractivity contribution < 1.29 is 14.3 Å². The Kier molecular flexibility index (Phi) is 4.20. The molecule has 0 unspecified atom stereocenters. The predicted octanol–water partition coefficient (Wildman–Crippen LogP) is 3.21. The van der Waals surface area contributed by atoms with Crippen LogP contribution in [0.5, 0.6) is 11.5 Å². The number of rotatable bonds is 4. The second kappa shape index (κ2) is 6.28. The number of carbonyl (C=O) groups excluding carboxylic acids is 1. The Morgan fingerprint density at radius 1 is 1.18 bits per heavy atom. The third kappa shape index (κ3) is 3.02. The monoisotopic (exact) mass is 317 g/mol. The van der Waals surface area contributed by atoms with Crippen LogP contribution in [0.15, 0.2) is 36.4 Å². The predicted molar refractivity (Wildman–Crippen MR) is 84.8 cm³/mol. The highest BCUT2D eigenvalue weighted by molar-refractivity contribution is 6.31. The maximum absolute atomic E-state index is 11.7. The van der Waals surface area contributed by atoms with E-state index in [-0.39, 0.29) is 5.91 Å². The molecule has 0 spiro atoms. The van der Waals surface area contributed by atoms with E-state index in [4.69, 9.17) is 21.1 Å². The van der Waals surface area contributed by atoms with Crippen LogP contribution < -0.4 is 14.8 Å². The number of amides is 1. The van der Waals surface area contributed by atoms with E-state index in [0.29, 0.717) is 18.2 Å². The van der Waals surface area contributed by atoms with Gasteiger partial charge in [-0.15, -0.1) is 0 Å². The molecule has 1 aliphatic heterocycles. The van der Waals surface area contributed by atoms with Crippen molar-refractivity contribution in [1.82, 2.24) is 5.32 Å². The number of methoxy groups -OCH3 is 1. The molecule has 22 heavy (non-hydrogen) atoms. The molecule has 0 aliphatic carbocycles. The average molecular weight is 318 g/mol. The molecule has 1 amide bonds. The van der Waals surface area contributed by atoms with E-state index in [9.17, 15) is 4.79 Å². The van der Waals surface area contributed by atoms with Crippen molar-refractivity contribution >= 4 is 17.5 Å². The molecular formula is C17H16ClNO3. The molecule has 0 saturated carbocycles. The van der Waals surface area contributed by atoms with Gasteiger partial charge in [0.2, 0.25) is 0 Å². The Hall–Kier alpha value is -2.20. The van der Waals surface area contributed by atoms with Gasteiger partial charge in [0.1, 0.15) is 18.1 Å². The standard InChI is InChI=1S/C17H16ClNO3/c1-21-13-3-5-16(18)12(9-13)10-22-14-2-4-15-11(8-14)6-7-19-17(15)20/h2-5,8-9H,6-7,10H2,1H3,(H,19,20). The molecule has 0 fully saturated rings. The minimum absolute atomic E-state index is 0.0244. The minimum Gasteiger partial charge on any atom is -0.497 e. The molecule has 0 saturated heterocycles. The van der Waals surface area contributed by atoms with Crippen LogP contribution in [0, 0.1) is 0 Å². The SMILES string of the molecule is COc1ccc(Cl)c(COc2ccc3c(c2)CCNC3=O)c1. The normalized spacial score (nSPS) is 13.3. The van der Waals surface area contributed by atoms with E-state index < -0.39 is 0 Å². The van der Waals surface area contributed by atoms with Gasteiger partial charge in [-0.3, -0.25) is 4.79 Å². The highest BCUT2D eigenvalue weighted by Crippen LogP contribution is 2.25. The molecule has 3 rings (SSSR count). The molecular weight excluding hydrogens is 302 g/mol. The van der Waals surface area contributed by atoms with Crippen molar-refractivity contribution in [3.8, 4) is 11.5 Å². The number of benzene rings is 2. The van der Waals surface area contributed by atoms with Crippen molar-refractivity contribution in [3.63, 3.8) is 0 Å². The molecule has 4 nitrogen and oxygen atoms in total. The fourth-order valence-corrected chi connectivity index (χ4v) is 2.62. The second-order valence-corrected chi connectivity index (χ2v) is 5.48. The van der Waals surface area contributed by atoms with Gasteiger partial charge in [0.25, 0.3) is 5.91 Å². The summed E-state index contributed by atoms with van der Waals surface area (Å²) in [5.41, 5.74) is 2.59. The quantitative estimate of drug-likeness (QED) is 0.942. The Labute approximate surface area is 134 Å². The van der Waals surface area contributed by atoms with Crippen molar-refractivity contribution in [1.29, 1.82) is 0 Å². The molecule has 0 bridgehead atoms. The van der Waals surface area contributed by atoms with Crippen LogP contribution in [0.1, 0.15) is 21.5 Å². The molecule has 0 radical (unpaired) electrons. The van der Waals surface area contributed by atoms with Crippen LogP contribution in [0.2, 0.25) is 5.02 Å². The molecule has 5 heteroatoms. The summed E-state index contributed by atoms with van der Waals surface area (Å²) in [4.78, 5) is 11.7. The summed E-state index contributed by atoms with van der Waals surface area (Å²) >= 11 is 6.17. The smallest absolute Gasteiger partial charge is 0.251 e. The maximum atomic E-state index is 11.7. The number of ether oxygens (including phenoxy) is 2. The Balaban J connectivity index is 1.76. The van der Waals surface area contributed by atoms with Crippen molar-refractivity contribution in [2.45, 2.75) is 13.0 Å². The average Bonchev–Trinajstić information content (AvgIpc) is 2.54. The van der Waals surface area contributed by atoms with Crippen molar-refractivity contribution in [3.05, 3.63) is 58.1 Å². The number of halogens is 1. The van der Waals surface area contributed by atoms with Gasteiger partial charge in [-0.1, -0.05) is 11.6 Å². The van der Waals surface area contributed by atoms with Crippen LogP contribution in [-0.2, 0) is 13.0 Å². The number of carbonyl (C=O) groups is 1. The van der Waals surface area contributed by atoms with Gasteiger partial charge in [0.05, 0.1) is 7.11 Å². The number of fused-ring (bicyclic) bond motifs is 1. The molecule has 1 N–H and O–H groups in total. The summed E-state index contributed by atoms with van der Waals surface area (Å²) in [6.45, 7) is 1.01. The minimum atomic E-state index is -0.0244. The van der Waals surface area contributed by atoms with Crippen LogP contribution in [0.25, 0.3) is 0 Å². The largest absolute Gasteiger partial charge is 0.497 e. The van der Waals surface area contributed by atoms with E-state index in [0.717, 1.165) is 34.6 Å². The zero-order chi connectivity index (χ0) is 15.5. The lowest BCUT2D eigenvalue weighted by atomic mass is 10.0. The second-order valence-electron chi connectivity index (χ2n) is 5.07. The fraction of sp³-hybridized carbons (Fsp3) is 0.235. The number of hydrogen-bond acceptors (Lipinski definition) is 3. The molecule has 114 valence electrons. The summed E-state index contributed by atoms with van der Waals surface area (Å²) < 4.78 is 11.0. The molecule has 2 aromatic carbocycles. The lowest BCUT2D eigenvalue weighted by Gasteiger charge is -2.17. The first-order valence-electron chi connectivity index (χ1n) is 7.04. The van der Waals surface area contributed by atoms with E-state index in [1.807, 2.05) is 18.2 Å². The molecule has 0 atom stereocenters. The fourth-order valence-electron chi connectivity index (χ4n) is 2.44. The van der Waals surface area contributed by atoms with E-state index in [1.165, 1.54) is 0 Å². The Morgan fingerprint density at radius 2 is 2.00 bits per heavy atom. The first kappa shape index (κ1) is 14.7. The van der Waals surface area contributed by atoms with Crippen molar-refractivity contribution in [2.24, 2.45) is 0 Å². The first-order valence-corrected chi connectivity index (χ1v) is 7.41. The number of nitrogens with one attached hydrogen (secondary N) is 1. The van der Waals surface area contributed by atoms with Crippen LogP contribution >= 0.6 is 11.6 Å². The summed E-state index contributed by atoms with van der Waals surface area (Å²) in [7, 11) is 1.61. The van der Waals surface area contributed by atoms with Gasteiger partial charge in [-0.05, 0) is 48.4 Å². The zero-order valence-electron chi connectivity index (χ0n) is 12.2. The van der Waals surface area contributed by atoms with Gasteiger partial charge in [-0.2, -0.15) is 0 Å².